The van der Waals surface area contributed by atoms with Gasteiger partial charge in [-0.2, -0.15) is 10.2 Å². The number of nitrogens with one attached hydrogen (secondary N) is 2. The van der Waals surface area contributed by atoms with Crippen LogP contribution in [-0.2, 0) is 6.61 Å². The van der Waals surface area contributed by atoms with E-state index in [0.29, 0.717) is 28.8 Å². The summed E-state index contributed by atoms with van der Waals surface area (Å²) in [6, 6.07) is 26.5. The van der Waals surface area contributed by atoms with Gasteiger partial charge in [-0.25, -0.2) is 5.43 Å². The van der Waals surface area contributed by atoms with E-state index in [0.717, 1.165) is 16.7 Å². The van der Waals surface area contributed by atoms with E-state index in [4.69, 9.17) is 16.3 Å². The van der Waals surface area contributed by atoms with Crippen LogP contribution in [0.4, 0.5) is 0 Å². The number of hydrogen-bond donors (Lipinski definition) is 2. The molecule has 6 nitrogen and oxygen atoms in total. The molecule has 0 saturated carbocycles. The van der Waals surface area contributed by atoms with Gasteiger partial charge in [0.15, 0.2) is 0 Å². The summed E-state index contributed by atoms with van der Waals surface area (Å²) in [4.78, 5) is 12.4. The summed E-state index contributed by atoms with van der Waals surface area (Å²) in [5, 5.41) is 11.6. The fourth-order valence-electron chi connectivity index (χ4n) is 3.04. The maximum Gasteiger partial charge on any atom is 0.289 e. The molecule has 0 aliphatic carbocycles. The van der Waals surface area contributed by atoms with E-state index >= 15 is 0 Å². The molecule has 0 spiro atoms. The van der Waals surface area contributed by atoms with E-state index < -0.39 is 5.91 Å². The molecule has 33 heavy (non-hydrogen) atoms. The Morgan fingerprint density at radius 3 is 2.61 bits per heavy atom. The number of amides is 1. The minimum absolute atomic E-state index is 0.293. The van der Waals surface area contributed by atoms with Crippen molar-refractivity contribution >= 4 is 29.8 Å². The first-order valence-corrected chi connectivity index (χ1v) is 10.6. The average molecular weight is 457 g/mol. The van der Waals surface area contributed by atoms with Crippen LogP contribution in [0.2, 0.25) is 5.02 Å². The van der Waals surface area contributed by atoms with Crippen molar-refractivity contribution in [3.63, 3.8) is 0 Å². The molecule has 0 radical (unpaired) electrons. The van der Waals surface area contributed by atoms with Crippen LogP contribution in [0.25, 0.3) is 17.3 Å². The summed E-state index contributed by atoms with van der Waals surface area (Å²) < 4.78 is 5.99. The first-order valence-electron chi connectivity index (χ1n) is 10.3. The van der Waals surface area contributed by atoms with Crippen LogP contribution in [0, 0.1) is 0 Å². The maximum atomic E-state index is 12.4. The van der Waals surface area contributed by atoms with Gasteiger partial charge in [0.25, 0.3) is 5.91 Å². The zero-order chi connectivity index (χ0) is 22.9. The number of halogens is 1. The fourth-order valence-corrected chi connectivity index (χ4v) is 3.17. The van der Waals surface area contributed by atoms with Crippen molar-refractivity contribution in [1.82, 2.24) is 15.6 Å². The van der Waals surface area contributed by atoms with E-state index in [-0.39, 0.29) is 0 Å². The van der Waals surface area contributed by atoms with Crippen molar-refractivity contribution in [3.05, 3.63) is 113 Å². The molecule has 0 saturated heterocycles. The smallest absolute Gasteiger partial charge is 0.289 e. The number of allylic oxidation sites excluding steroid dienone is 1. The molecule has 1 heterocycles. The number of para-hydroxylation sites is 1. The number of carbonyl (C=O) groups excluding carboxylic acids is 1. The van der Waals surface area contributed by atoms with Crippen molar-refractivity contribution in [1.29, 1.82) is 0 Å². The third-order valence-corrected chi connectivity index (χ3v) is 4.96. The van der Waals surface area contributed by atoms with Crippen molar-refractivity contribution < 1.29 is 9.53 Å². The highest BCUT2D eigenvalue weighted by Gasteiger charge is 2.13. The SMILES string of the molecule is O=C(N/N=C/C=C/c1ccccc1)c1cc(-c2ccccc2OCc2ccc(Cl)cc2)n[nH]1. The summed E-state index contributed by atoms with van der Waals surface area (Å²) in [7, 11) is 0. The molecule has 1 aromatic heterocycles. The van der Waals surface area contributed by atoms with Gasteiger partial charge in [0, 0.05) is 16.8 Å². The van der Waals surface area contributed by atoms with Crippen LogP contribution in [0.3, 0.4) is 0 Å². The lowest BCUT2D eigenvalue weighted by Gasteiger charge is -2.10. The first kappa shape index (κ1) is 22.0. The molecule has 0 unspecified atom stereocenters. The van der Waals surface area contributed by atoms with E-state index in [2.05, 4.69) is 20.7 Å². The number of nitrogens with zero attached hydrogens (tertiary/aromatic N) is 2. The Balaban J connectivity index is 1.38. The number of rotatable bonds is 8. The van der Waals surface area contributed by atoms with Crippen LogP contribution < -0.4 is 10.2 Å². The third-order valence-electron chi connectivity index (χ3n) is 4.71. The molecule has 0 fully saturated rings. The highest BCUT2D eigenvalue weighted by Crippen LogP contribution is 2.29. The highest BCUT2D eigenvalue weighted by molar-refractivity contribution is 6.30. The minimum Gasteiger partial charge on any atom is -0.488 e. The number of carbonyl (C=O) groups is 1. The molecule has 1 amide bonds. The zero-order valence-electron chi connectivity index (χ0n) is 17.6. The van der Waals surface area contributed by atoms with Crippen LogP contribution in [0.15, 0.2) is 96.1 Å². The van der Waals surface area contributed by atoms with Crippen LogP contribution in [-0.4, -0.2) is 22.3 Å². The van der Waals surface area contributed by atoms with E-state index in [1.807, 2.05) is 84.9 Å². The Labute approximate surface area is 196 Å². The molecule has 0 aliphatic rings. The number of aromatic amines is 1. The van der Waals surface area contributed by atoms with Crippen molar-refractivity contribution in [2.24, 2.45) is 5.10 Å². The van der Waals surface area contributed by atoms with Crippen molar-refractivity contribution in [3.8, 4) is 17.0 Å². The normalized spacial score (nSPS) is 11.2. The molecule has 3 aromatic carbocycles. The van der Waals surface area contributed by atoms with Gasteiger partial charge in [-0.3, -0.25) is 9.89 Å². The molecular weight excluding hydrogens is 436 g/mol. The quantitative estimate of drug-likeness (QED) is 0.262. The molecule has 7 heteroatoms. The average Bonchev–Trinajstić information content (AvgIpc) is 3.35. The van der Waals surface area contributed by atoms with Gasteiger partial charge in [-0.15, -0.1) is 0 Å². The van der Waals surface area contributed by atoms with Gasteiger partial charge in [0.1, 0.15) is 18.1 Å². The molecule has 4 aromatic rings. The van der Waals surface area contributed by atoms with Crippen LogP contribution >= 0.6 is 11.6 Å². The molecule has 2 N–H and O–H groups in total. The lowest BCUT2D eigenvalue weighted by molar-refractivity contribution is 0.0950. The van der Waals surface area contributed by atoms with Gasteiger partial charge in [0.05, 0.1) is 5.69 Å². The molecular formula is C26H21ClN4O2. The number of hydrogen-bond acceptors (Lipinski definition) is 4. The number of benzene rings is 3. The Morgan fingerprint density at radius 1 is 1.03 bits per heavy atom. The second-order valence-electron chi connectivity index (χ2n) is 7.07. The van der Waals surface area contributed by atoms with E-state index in [1.54, 1.807) is 12.1 Å². The Kier molecular flexibility index (Phi) is 7.30. The number of aromatic nitrogens is 2. The van der Waals surface area contributed by atoms with Crippen LogP contribution in [0.1, 0.15) is 21.6 Å². The van der Waals surface area contributed by atoms with E-state index in [1.165, 1.54) is 6.21 Å². The summed E-state index contributed by atoms with van der Waals surface area (Å²) in [5.74, 6) is 0.271. The number of hydrazone groups is 1. The highest BCUT2D eigenvalue weighted by atomic mass is 35.5. The van der Waals surface area contributed by atoms with Gasteiger partial charge >= 0.3 is 0 Å². The lowest BCUT2D eigenvalue weighted by atomic mass is 10.1. The molecule has 0 bridgehead atoms. The van der Waals surface area contributed by atoms with Gasteiger partial charge in [-0.05, 0) is 47.5 Å². The Bertz CT molecular complexity index is 1260. The zero-order valence-corrected chi connectivity index (χ0v) is 18.4. The number of ether oxygens (including phenoxy) is 1. The predicted octanol–water partition coefficient (Wildman–Crippen LogP) is 5.74. The third kappa shape index (κ3) is 6.18. The summed E-state index contributed by atoms with van der Waals surface area (Å²) in [6.07, 6.45) is 5.16. The first-order chi connectivity index (χ1) is 16.2. The van der Waals surface area contributed by atoms with Gasteiger partial charge in [0.2, 0.25) is 0 Å². The fraction of sp³-hybridized carbons (Fsp3) is 0.0385. The van der Waals surface area contributed by atoms with E-state index in [9.17, 15) is 4.79 Å². The van der Waals surface area contributed by atoms with Gasteiger partial charge < -0.3 is 4.74 Å². The Morgan fingerprint density at radius 2 is 1.79 bits per heavy atom. The van der Waals surface area contributed by atoms with Crippen LogP contribution in [0.5, 0.6) is 5.75 Å². The second-order valence-corrected chi connectivity index (χ2v) is 7.50. The van der Waals surface area contributed by atoms with Crippen molar-refractivity contribution in [2.75, 3.05) is 0 Å². The molecule has 0 aliphatic heterocycles. The maximum absolute atomic E-state index is 12.4. The molecule has 0 atom stereocenters. The largest absolute Gasteiger partial charge is 0.488 e. The second kappa shape index (κ2) is 10.9. The summed E-state index contributed by atoms with van der Waals surface area (Å²) in [6.45, 7) is 0.386. The summed E-state index contributed by atoms with van der Waals surface area (Å²) >= 11 is 5.94. The molecule has 4 rings (SSSR count). The number of H-pyrrole nitrogens is 1. The minimum atomic E-state index is -0.391. The molecule has 164 valence electrons. The predicted molar refractivity (Wildman–Crippen MR) is 131 cm³/mol. The monoisotopic (exact) mass is 456 g/mol. The van der Waals surface area contributed by atoms with Gasteiger partial charge in [-0.1, -0.05) is 72.3 Å². The van der Waals surface area contributed by atoms with Crippen molar-refractivity contribution in [2.45, 2.75) is 6.61 Å². The Hall–Kier alpha value is -4.16. The lowest BCUT2D eigenvalue weighted by Crippen LogP contribution is -2.17. The summed E-state index contributed by atoms with van der Waals surface area (Å²) in [5.41, 5.74) is 6.19. The standard InChI is InChI=1S/C26H21ClN4O2/c27-21-14-12-20(13-15-21)18-33-25-11-5-4-10-22(25)23-17-24(30-29-23)26(32)31-28-16-6-9-19-7-2-1-3-8-19/h1-17H,18H2,(H,29,30)(H,31,32)/b9-6+,28-16+. The topological polar surface area (TPSA) is 79.4 Å².